The Kier molecular flexibility index (Phi) is 9.60. The second-order valence-corrected chi connectivity index (χ2v) is 5.12. The van der Waals surface area contributed by atoms with Gasteiger partial charge in [0.1, 0.15) is 18.1 Å². The van der Waals surface area contributed by atoms with Crippen molar-refractivity contribution >= 4 is 23.7 Å². The molecular formula is C15H27N3O5. The van der Waals surface area contributed by atoms with Gasteiger partial charge in [0.25, 0.3) is 0 Å². The van der Waals surface area contributed by atoms with Crippen molar-refractivity contribution in [3.05, 3.63) is 0 Å². The number of nitrogens with one attached hydrogen (secondary N) is 3. The van der Waals surface area contributed by atoms with E-state index < -0.39 is 35.9 Å². The van der Waals surface area contributed by atoms with Crippen LogP contribution in [0.25, 0.3) is 0 Å². The molecule has 0 fully saturated rings. The number of rotatable bonds is 9. The Morgan fingerprint density at radius 3 is 1.52 bits per heavy atom. The lowest BCUT2D eigenvalue weighted by atomic mass is 10.1. The van der Waals surface area contributed by atoms with Crippen LogP contribution in [0.3, 0.4) is 0 Å². The zero-order chi connectivity index (χ0) is 18.0. The van der Waals surface area contributed by atoms with Crippen molar-refractivity contribution in [2.75, 3.05) is 7.11 Å². The van der Waals surface area contributed by atoms with Crippen molar-refractivity contribution in [1.29, 1.82) is 0 Å². The molecule has 0 aliphatic carbocycles. The quantitative estimate of drug-likeness (QED) is 0.510. The lowest BCUT2D eigenvalue weighted by Crippen LogP contribution is -2.55. The molecule has 0 saturated carbocycles. The van der Waals surface area contributed by atoms with Gasteiger partial charge in [-0.25, -0.2) is 4.79 Å². The van der Waals surface area contributed by atoms with Crippen LogP contribution in [-0.4, -0.2) is 48.9 Å². The molecule has 0 spiro atoms. The molecule has 8 nitrogen and oxygen atoms in total. The highest BCUT2D eigenvalue weighted by Crippen LogP contribution is 2.00. The third kappa shape index (κ3) is 7.12. The number of amides is 3. The summed E-state index contributed by atoms with van der Waals surface area (Å²) in [4.78, 5) is 46.9. The van der Waals surface area contributed by atoms with Gasteiger partial charge in [0.05, 0.1) is 7.11 Å². The summed E-state index contributed by atoms with van der Waals surface area (Å²) in [5.74, 6) is -1.75. The average Bonchev–Trinajstić information content (AvgIpc) is 2.53. The van der Waals surface area contributed by atoms with E-state index in [9.17, 15) is 19.2 Å². The summed E-state index contributed by atoms with van der Waals surface area (Å²) in [7, 11) is 1.25. The zero-order valence-electron chi connectivity index (χ0n) is 14.4. The van der Waals surface area contributed by atoms with Crippen molar-refractivity contribution in [1.82, 2.24) is 16.0 Å². The standard InChI is InChI=1S/C15H27N3O5/c1-6-10(16-9(4)19)13(20)17-11(7-2)14(21)18-12(8-3)15(22)23-5/h10-12H,6-8H2,1-5H3,(H,16,19)(H,17,20)(H,18,21)/t10-,11-,12-/m0/s1. The second-order valence-electron chi connectivity index (χ2n) is 5.12. The molecule has 0 aliphatic rings. The fraction of sp³-hybridized carbons (Fsp3) is 0.733. The van der Waals surface area contributed by atoms with Crippen LogP contribution < -0.4 is 16.0 Å². The Morgan fingerprint density at radius 2 is 1.17 bits per heavy atom. The normalized spacial score (nSPS) is 14.1. The fourth-order valence-electron chi connectivity index (χ4n) is 1.97. The van der Waals surface area contributed by atoms with Gasteiger partial charge in [0.2, 0.25) is 17.7 Å². The van der Waals surface area contributed by atoms with Gasteiger partial charge in [-0.3, -0.25) is 14.4 Å². The second kappa shape index (κ2) is 10.6. The van der Waals surface area contributed by atoms with Crippen LogP contribution in [0.2, 0.25) is 0 Å². The molecule has 8 heteroatoms. The lowest BCUT2D eigenvalue weighted by Gasteiger charge is -2.23. The van der Waals surface area contributed by atoms with E-state index in [0.29, 0.717) is 19.3 Å². The van der Waals surface area contributed by atoms with E-state index in [2.05, 4.69) is 20.7 Å². The maximum absolute atomic E-state index is 12.2. The first kappa shape index (κ1) is 20.9. The molecular weight excluding hydrogens is 302 g/mol. The fourth-order valence-corrected chi connectivity index (χ4v) is 1.97. The van der Waals surface area contributed by atoms with Gasteiger partial charge in [-0.05, 0) is 19.3 Å². The van der Waals surface area contributed by atoms with Gasteiger partial charge in [-0.15, -0.1) is 0 Å². The Morgan fingerprint density at radius 1 is 0.783 bits per heavy atom. The molecule has 3 atom stereocenters. The third-order valence-corrected chi connectivity index (χ3v) is 3.35. The summed E-state index contributed by atoms with van der Waals surface area (Å²) in [5.41, 5.74) is 0. The molecule has 0 saturated heterocycles. The molecule has 0 radical (unpaired) electrons. The number of esters is 1. The molecule has 0 aromatic carbocycles. The van der Waals surface area contributed by atoms with Gasteiger partial charge in [-0.2, -0.15) is 0 Å². The predicted octanol–water partition coefficient (Wildman–Crippen LogP) is -0.136. The van der Waals surface area contributed by atoms with Gasteiger partial charge < -0.3 is 20.7 Å². The molecule has 0 heterocycles. The molecule has 0 bridgehead atoms. The van der Waals surface area contributed by atoms with Crippen molar-refractivity contribution in [3.63, 3.8) is 0 Å². The summed E-state index contributed by atoms with van der Waals surface area (Å²) in [6, 6.07) is -2.24. The number of hydrogen-bond acceptors (Lipinski definition) is 5. The maximum Gasteiger partial charge on any atom is 0.328 e. The highest BCUT2D eigenvalue weighted by Gasteiger charge is 2.27. The van der Waals surface area contributed by atoms with E-state index in [4.69, 9.17) is 0 Å². The first-order valence-electron chi connectivity index (χ1n) is 7.76. The van der Waals surface area contributed by atoms with Crippen molar-refractivity contribution in [2.45, 2.75) is 65.1 Å². The van der Waals surface area contributed by atoms with Crippen LogP contribution in [0.5, 0.6) is 0 Å². The molecule has 0 aliphatic heterocycles. The number of carbonyl (C=O) groups is 4. The number of carbonyl (C=O) groups excluding carboxylic acids is 4. The highest BCUT2D eigenvalue weighted by molar-refractivity contribution is 5.93. The van der Waals surface area contributed by atoms with Crippen molar-refractivity contribution < 1.29 is 23.9 Å². The van der Waals surface area contributed by atoms with Crippen LogP contribution in [0, 0.1) is 0 Å². The Bertz CT molecular complexity index is 439. The minimum atomic E-state index is -0.788. The third-order valence-electron chi connectivity index (χ3n) is 3.35. The molecule has 132 valence electrons. The SMILES string of the molecule is CC[C@H](NC(C)=O)C(=O)N[C@@H](CC)C(=O)N[C@@H](CC)C(=O)OC. The number of hydrogen-bond donors (Lipinski definition) is 3. The van der Waals surface area contributed by atoms with Crippen molar-refractivity contribution in [2.24, 2.45) is 0 Å². The van der Waals surface area contributed by atoms with E-state index in [1.54, 1.807) is 20.8 Å². The minimum Gasteiger partial charge on any atom is -0.467 e. The molecule has 0 aromatic heterocycles. The zero-order valence-corrected chi connectivity index (χ0v) is 14.4. The molecule has 23 heavy (non-hydrogen) atoms. The van der Waals surface area contributed by atoms with E-state index in [0.717, 1.165) is 0 Å². The van der Waals surface area contributed by atoms with Crippen LogP contribution in [0.4, 0.5) is 0 Å². The number of methoxy groups -OCH3 is 1. The molecule has 3 amide bonds. The van der Waals surface area contributed by atoms with Crippen LogP contribution >= 0.6 is 0 Å². The van der Waals surface area contributed by atoms with Crippen LogP contribution in [0.1, 0.15) is 47.0 Å². The topological polar surface area (TPSA) is 114 Å². The first-order chi connectivity index (χ1) is 10.8. The first-order valence-corrected chi connectivity index (χ1v) is 7.76. The molecule has 0 unspecified atom stereocenters. The Labute approximate surface area is 136 Å². The minimum absolute atomic E-state index is 0.318. The summed E-state index contributed by atoms with van der Waals surface area (Å²) in [5, 5.41) is 7.67. The monoisotopic (exact) mass is 329 g/mol. The summed E-state index contributed by atoms with van der Waals surface area (Å²) in [6.07, 6.45) is 1.14. The summed E-state index contributed by atoms with van der Waals surface area (Å²) >= 11 is 0. The number of ether oxygens (including phenoxy) is 1. The maximum atomic E-state index is 12.2. The van der Waals surface area contributed by atoms with E-state index in [-0.39, 0.29) is 5.91 Å². The van der Waals surface area contributed by atoms with E-state index >= 15 is 0 Å². The highest BCUT2D eigenvalue weighted by atomic mass is 16.5. The van der Waals surface area contributed by atoms with Gasteiger partial charge in [0, 0.05) is 6.92 Å². The molecule has 0 rings (SSSR count). The summed E-state index contributed by atoms with van der Waals surface area (Å²) < 4.78 is 4.61. The smallest absolute Gasteiger partial charge is 0.328 e. The summed E-state index contributed by atoms with van der Waals surface area (Å²) in [6.45, 7) is 6.56. The van der Waals surface area contributed by atoms with Gasteiger partial charge in [-0.1, -0.05) is 20.8 Å². The van der Waals surface area contributed by atoms with Crippen LogP contribution in [0.15, 0.2) is 0 Å². The molecule has 0 aromatic rings. The molecule has 3 N–H and O–H groups in total. The van der Waals surface area contributed by atoms with E-state index in [1.165, 1.54) is 14.0 Å². The lowest BCUT2D eigenvalue weighted by molar-refractivity contribution is -0.145. The van der Waals surface area contributed by atoms with E-state index in [1.807, 2.05) is 0 Å². The van der Waals surface area contributed by atoms with Gasteiger partial charge >= 0.3 is 5.97 Å². The van der Waals surface area contributed by atoms with Gasteiger partial charge in [0.15, 0.2) is 0 Å². The van der Waals surface area contributed by atoms with Crippen molar-refractivity contribution in [3.8, 4) is 0 Å². The Balaban J connectivity index is 4.80. The Hall–Kier alpha value is -2.12. The van der Waals surface area contributed by atoms with Crippen LogP contribution in [-0.2, 0) is 23.9 Å². The average molecular weight is 329 g/mol. The predicted molar refractivity (Wildman–Crippen MR) is 84.4 cm³/mol. The largest absolute Gasteiger partial charge is 0.467 e.